The Kier molecular flexibility index (Phi) is 6.75. The van der Waals surface area contributed by atoms with Crippen LogP contribution in [0.5, 0.6) is 0 Å². The van der Waals surface area contributed by atoms with E-state index in [0.29, 0.717) is 19.6 Å². The molecule has 0 saturated carbocycles. The SMILES string of the molecule is COCCOCC(=O)CCC(C)(C)C. The first kappa shape index (κ1) is 13.6. The first-order valence-corrected chi connectivity index (χ1v) is 5.04. The van der Waals surface area contributed by atoms with Crippen LogP contribution in [0.1, 0.15) is 33.6 Å². The molecule has 0 aromatic carbocycles. The van der Waals surface area contributed by atoms with Crippen LogP contribution in [-0.4, -0.2) is 32.7 Å². The van der Waals surface area contributed by atoms with E-state index in [1.165, 1.54) is 0 Å². The smallest absolute Gasteiger partial charge is 0.158 e. The van der Waals surface area contributed by atoms with E-state index in [4.69, 9.17) is 9.47 Å². The van der Waals surface area contributed by atoms with Crippen molar-refractivity contribution in [3.8, 4) is 0 Å². The maximum absolute atomic E-state index is 11.3. The van der Waals surface area contributed by atoms with Gasteiger partial charge >= 0.3 is 0 Å². The van der Waals surface area contributed by atoms with Gasteiger partial charge in [-0.3, -0.25) is 4.79 Å². The zero-order valence-corrected chi connectivity index (χ0v) is 9.76. The summed E-state index contributed by atoms with van der Waals surface area (Å²) >= 11 is 0. The highest BCUT2D eigenvalue weighted by atomic mass is 16.5. The summed E-state index contributed by atoms with van der Waals surface area (Å²) in [4.78, 5) is 11.3. The monoisotopic (exact) mass is 202 g/mol. The lowest BCUT2D eigenvalue weighted by Crippen LogP contribution is -2.14. The van der Waals surface area contributed by atoms with Gasteiger partial charge in [-0.15, -0.1) is 0 Å². The molecule has 0 aromatic heterocycles. The molecule has 14 heavy (non-hydrogen) atoms. The first-order chi connectivity index (χ1) is 6.45. The largest absolute Gasteiger partial charge is 0.382 e. The fourth-order valence-corrected chi connectivity index (χ4v) is 0.915. The van der Waals surface area contributed by atoms with Crippen LogP contribution in [0.15, 0.2) is 0 Å². The van der Waals surface area contributed by atoms with Crippen molar-refractivity contribution in [2.45, 2.75) is 33.6 Å². The molecule has 0 aliphatic heterocycles. The van der Waals surface area contributed by atoms with Crippen molar-refractivity contribution in [1.29, 1.82) is 0 Å². The summed E-state index contributed by atoms with van der Waals surface area (Å²) in [5.74, 6) is 0.177. The Balaban J connectivity index is 3.38. The summed E-state index contributed by atoms with van der Waals surface area (Å²) in [6.45, 7) is 7.66. The number of carbonyl (C=O) groups excluding carboxylic acids is 1. The topological polar surface area (TPSA) is 35.5 Å². The third kappa shape index (κ3) is 9.68. The lowest BCUT2D eigenvalue weighted by Gasteiger charge is -2.16. The van der Waals surface area contributed by atoms with Crippen molar-refractivity contribution in [3.63, 3.8) is 0 Å². The van der Waals surface area contributed by atoms with E-state index in [0.717, 1.165) is 6.42 Å². The molecule has 0 fully saturated rings. The second-order valence-electron chi connectivity index (χ2n) is 4.64. The van der Waals surface area contributed by atoms with E-state index in [9.17, 15) is 4.79 Å². The highest BCUT2D eigenvalue weighted by Gasteiger charge is 2.12. The predicted octanol–water partition coefficient (Wildman–Crippen LogP) is 2.04. The number of hydrogen-bond donors (Lipinski definition) is 0. The third-order valence-corrected chi connectivity index (χ3v) is 1.85. The Morgan fingerprint density at radius 2 is 1.86 bits per heavy atom. The van der Waals surface area contributed by atoms with Gasteiger partial charge in [-0.05, 0) is 11.8 Å². The molecule has 0 heterocycles. The number of methoxy groups -OCH3 is 1. The average Bonchev–Trinajstić information content (AvgIpc) is 2.08. The summed E-state index contributed by atoms with van der Waals surface area (Å²) in [7, 11) is 1.62. The number of carbonyl (C=O) groups is 1. The lowest BCUT2D eigenvalue weighted by atomic mass is 9.90. The van der Waals surface area contributed by atoms with E-state index in [1.807, 2.05) is 0 Å². The fraction of sp³-hybridized carbons (Fsp3) is 0.909. The van der Waals surface area contributed by atoms with Crippen LogP contribution < -0.4 is 0 Å². The van der Waals surface area contributed by atoms with Gasteiger partial charge in [0.15, 0.2) is 5.78 Å². The van der Waals surface area contributed by atoms with Crippen LogP contribution in [0.4, 0.5) is 0 Å². The molecular weight excluding hydrogens is 180 g/mol. The zero-order valence-electron chi connectivity index (χ0n) is 9.76. The van der Waals surface area contributed by atoms with Crippen LogP contribution in [0.25, 0.3) is 0 Å². The molecule has 0 radical (unpaired) electrons. The molecule has 0 aliphatic carbocycles. The summed E-state index contributed by atoms with van der Waals surface area (Å²) in [5, 5.41) is 0. The molecule has 84 valence electrons. The van der Waals surface area contributed by atoms with Gasteiger partial charge in [0.05, 0.1) is 13.2 Å². The third-order valence-electron chi connectivity index (χ3n) is 1.85. The van der Waals surface area contributed by atoms with Crippen molar-refractivity contribution in [3.05, 3.63) is 0 Å². The maximum atomic E-state index is 11.3. The Morgan fingerprint density at radius 3 is 2.36 bits per heavy atom. The van der Waals surface area contributed by atoms with E-state index in [2.05, 4.69) is 20.8 Å². The summed E-state index contributed by atoms with van der Waals surface area (Å²) in [6, 6.07) is 0. The van der Waals surface area contributed by atoms with E-state index in [1.54, 1.807) is 7.11 Å². The van der Waals surface area contributed by atoms with Crippen molar-refractivity contribution in [2.24, 2.45) is 5.41 Å². The second kappa shape index (κ2) is 6.96. The Morgan fingerprint density at radius 1 is 1.21 bits per heavy atom. The Labute approximate surface area is 86.8 Å². The molecule has 0 bridgehead atoms. The van der Waals surface area contributed by atoms with Gasteiger partial charge in [0.1, 0.15) is 6.61 Å². The molecule has 0 N–H and O–H groups in total. The van der Waals surface area contributed by atoms with Crippen molar-refractivity contribution < 1.29 is 14.3 Å². The number of ether oxygens (including phenoxy) is 2. The zero-order chi connectivity index (χ0) is 11.0. The summed E-state index contributed by atoms with van der Waals surface area (Å²) < 4.78 is 9.93. The van der Waals surface area contributed by atoms with Gasteiger partial charge in [-0.2, -0.15) is 0 Å². The second-order valence-corrected chi connectivity index (χ2v) is 4.64. The van der Waals surface area contributed by atoms with Gasteiger partial charge in [-0.1, -0.05) is 20.8 Å². The highest BCUT2D eigenvalue weighted by Crippen LogP contribution is 2.20. The Hall–Kier alpha value is -0.410. The summed E-state index contributed by atoms with van der Waals surface area (Å²) in [5.41, 5.74) is 0.224. The molecule has 3 heteroatoms. The highest BCUT2D eigenvalue weighted by molar-refractivity contribution is 5.79. The first-order valence-electron chi connectivity index (χ1n) is 5.04. The van der Waals surface area contributed by atoms with Crippen LogP contribution in [0, 0.1) is 5.41 Å². The molecule has 0 atom stereocenters. The quantitative estimate of drug-likeness (QED) is 0.593. The summed E-state index contributed by atoms with van der Waals surface area (Å²) in [6.07, 6.45) is 1.52. The molecule has 0 spiro atoms. The van der Waals surface area contributed by atoms with Gasteiger partial charge in [0, 0.05) is 13.5 Å². The number of ketones is 1. The molecule has 3 nitrogen and oxygen atoms in total. The normalized spacial score (nSPS) is 11.7. The maximum Gasteiger partial charge on any atom is 0.158 e. The predicted molar refractivity (Wildman–Crippen MR) is 56.4 cm³/mol. The minimum absolute atomic E-state index is 0.177. The van der Waals surface area contributed by atoms with Crippen LogP contribution >= 0.6 is 0 Å². The molecule has 0 saturated heterocycles. The van der Waals surface area contributed by atoms with E-state index in [-0.39, 0.29) is 17.8 Å². The molecule has 0 amide bonds. The van der Waals surface area contributed by atoms with Gasteiger partial charge in [0.25, 0.3) is 0 Å². The van der Waals surface area contributed by atoms with E-state index < -0.39 is 0 Å². The minimum atomic E-state index is 0.177. The van der Waals surface area contributed by atoms with Gasteiger partial charge in [-0.25, -0.2) is 0 Å². The molecule has 0 aliphatic rings. The Bertz CT molecular complexity index is 158. The number of rotatable bonds is 7. The number of Topliss-reactive ketones (excluding diaryl/α,β-unsaturated/α-hetero) is 1. The van der Waals surface area contributed by atoms with Crippen molar-refractivity contribution in [1.82, 2.24) is 0 Å². The van der Waals surface area contributed by atoms with E-state index >= 15 is 0 Å². The average molecular weight is 202 g/mol. The van der Waals surface area contributed by atoms with Crippen LogP contribution in [-0.2, 0) is 14.3 Å². The van der Waals surface area contributed by atoms with Crippen molar-refractivity contribution in [2.75, 3.05) is 26.9 Å². The molecule has 0 rings (SSSR count). The van der Waals surface area contributed by atoms with Gasteiger partial charge < -0.3 is 9.47 Å². The molecule has 0 aromatic rings. The molecule has 0 unspecified atom stereocenters. The number of hydrogen-bond acceptors (Lipinski definition) is 3. The van der Waals surface area contributed by atoms with Crippen LogP contribution in [0.3, 0.4) is 0 Å². The van der Waals surface area contributed by atoms with Crippen LogP contribution in [0.2, 0.25) is 0 Å². The standard InChI is InChI=1S/C11H22O3/c1-11(2,3)6-5-10(12)9-14-8-7-13-4/h5-9H2,1-4H3. The lowest BCUT2D eigenvalue weighted by molar-refractivity contribution is -0.124. The van der Waals surface area contributed by atoms with Crippen molar-refractivity contribution >= 4 is 5.78 Å². The minimum Gasteiger partial charge on any atom is -0.382 e. The molecular formula is C11H22O3. The fourth-order valence-electron chi connectivity index (χ4n) is 0.915. The van der Waals surface area contributed by atoms with Gasteiger partial charge in [0.2, 0.25) is 0 Å².